The van der Waals surface area contributed by atoms with Gasteiger partial charge in [0, 0.05) is 45.2 Å². The average molecular weight is 586 g/mol. The Morgan fingerprint density at radius 3 is 1.89 bits per heavy atom. The van der Waals surface area contributed by atoms with Crippen molar-refractivity contribution < 1.29 is 0 Å². The van der Waals surface area contributed by atoms with Gasteiger partial charge in [0.05, 0.1) is 22.6 Å². The number of hydrogen-bond acceptors (Lipinski definition) is 3. The van der Waals surface area contributed by atoms with Crippen molar-refractivity contribution in [1.29, 1.82) is 0 Å². The summed E-state index contributed by atoms with van der Waals surface area (Å²) in [6.45, 7) is 0. The molecule has 0 spiro atoms. The molecule has 3 aromatic heterocycles. The van der Waals surface area contributed by atoms with E-state index in [0.29, 0.717) is 0 Å². The smallest absolute Gasteiger partial charge is 0.0788 e. The lowest BCUT2D eigenvalue weighted by molar-refractivity contribution is 1.28. The van der Waals surface area contributed by atoms with Crippen LogP contribution in [0.2, 0.25) is 0 Å². The Bertz CT molecular complexity index is 2550. The third-order valence-electron chi connectivity index (χ3n) is 8.94. The molecule has 6 aromatic carbocycles. The lowest BCUT2D eigenvalue weighted by Gasteiger charge is -2.14. The van der Waals surface area contributed by atoms with E-state index in [-0.39, 0.29) is 0 Å². The van der Waals surface area contributed by atoms with Crippen molar-refractivity contribution >= 4 is 43.2 Å². The van der Waals surface area contributed by atoms with Gasteiger partial charge >= 0.3 is 0 Å². The Labute approximate surface area is 266 Å². The first-order valence-corrected chi connectivity index (χ1v) is 15.5. The Morgan fingerprint density at radius 1 is 0.370 bits per heavy atom. The lowest BCUT2D eigenvalue weighted by atomic mass is 9.92. The van der Waals surface area contributed by atoms with Gasteiger partial charge < -0.3 is 0 Å². The van der Waals surface area contributed by atoms with Gasteiger partial charge in [-0.25, -0.2) is 4.98 Å². The van der Waals surface area contributed by atoms with Gasteiger partial charge in [0.2, 0.25) is 0 Å². The van der Waals surface area contributed by atoms with E-state index in [0.717, 1.165) is 39.3 Å². The first-order chi connectivity index (χ1) is 22.8. The molecule has 0 saturated heterocycles. The van der Waals surface area contributed by atoms with E-state index in [1.807, 2.05) is 24.4 Å². The van der Waals surface area contributed by atoms with Gasteiger partial charge in [-0.05, 0) is 75.1 Å². The van der Waals surface area contributed by atoms with E-state index in [9.17, 15) is 0 Å². The van der Waals surface area contributed by atoms with Crippen molar-refractivity contribution in [2.24, 2.45) is 0 Å². The van der Waals surface area contributed by atoms with Crippen molar-refractivity contribution in [2.45, 2.75) is 0 Å². The number of para-hydroxylation sites is 1. The fourth-order valence-electron chi connectivity index (χ4n) is 6.60. The largest absolute Gasteiger partial charge is 0.256 e. The summed E-state index contributed by atoms with van der Waals surface area (Å²) in [6.07, 6.45) is 3.70. The SMILES string of the molecule is c1ccc(-c2ccc(-c3ccc(-c4ccc5c(ccc6c(-c7ccc8ccccc8c7)nc7ccccc7c65)c4)cc3)nc2)nc1. The molecule has 214 valence electrons. The van der Waals surface area contributed by atoms with Gasteiger partial charge in [-0.15, -0.1) is 0 Å². The van der Waals surface area contributed by atoms with Crippen LogP contribution in [0.3, 0.4) is 0 Å². The first-order valence-electron chi connectivity index (χ1n) is 15.5. The Kier molecular flexibility index (Phi) is 6.14. The van der Waals surface area contributed by atoms with Crippen molar-refractivity contribution in [2.75, 3.05) is 0 Å². The molecule has 0 bridgehead atoms. The van der Waals surface area contributed by atoms with E-state index in [4.69, 9.17) is 9.97 Å². The highest BCUT2D eigenvalue weighted by atomic mass is 14.7. The molecule has 9 rings (SSSR count). The van der Waals surface area contributed by atoms with E-state index in [1.54, 1.807) is 6.20 Å². The minimum atomic E-state index is 0.926. The highest BCUT2D eigenvalue weighted by Crippen LogP contribution is 2.39. The van der Waals surface area contributed by atoms with E-state index in [1.165, 1.54) is 48.8 Å². The van der Waals surface area contributed by atoms with E-state index < -0.39 is 0 Å². The van der Waals surface area contributed by atoms with Crippen LogP contribution < -0.4 is 0 Å². The number of rotatable bonds is 4. The van der Waals surface area contributed by atoms with Crippen LogP contribution in [0.4, 0.5) is 0 Å². The maximum absolute atomic E-state index is 5.20. The summed E-state index contributed by atoms with van der Waals surface area (Å²) in [7, 11) is 0. The molecule has 3 heteroatoms. The minimum Gasteiger partial charge on any atom is -0.256 e. The number of pyridine rings is 3. The van der Waals surface area contributed by atoms with Gasteiger partial charge in [-0.3, -0.25) is 9.97 Å². The van der Waals surface area contributed by atoms with Crippen molar-refractivity contribution in [1.82, 2.24) is 15.0 Å². The highest BCUT2D eigenvalue weighted by Gasteiger charge is 2.14. The number of aromatic nitrogens is 3. The lowest BCUT2D eigenvalue weighted by Crippen LogP contribution is -1.91. The molecule has 0 aliphatic rings. The highest BCUT2D eigenvalue weighted by molar-refractivity contribution is 6.22. The van der Waals surface area contributed by atoms with E-state index in [2.05, 4.69) is 138 Å². The molecular formula is C43H27N3. The van der Waals surface area contributed by atoms with Crippen LogP contribution in [0.5, 0.6) is 0 Å². The average Bonchev–Trinajstić information content (AvgIpc) is 3.14. The van der Waals surface area contributed by atoms with Gasteiger partial charge in [-0.2, -0.15) is 0 Å². The summed E-state index contributed by atoms with van der Waals surface area (Å²) in [6, 6.07) is 53.7. The fraction of sp³-hybridized carbons (Fsp3) is 0. The van der Waals surface area contributed by atoms with Gasteiger partial charge in [0.1, 0.15) is 0 Å². The molecule has 0 radical (unpaired) electrons. The summed E-state index contributed by atoms with van der Waals surface area (Å²) in [5.74, 6) is 0. The summed E-state index contributed by atoms with van der Waals surface area (Å²) >= 11 is 0. The molecule has 3 heterocycles. The second-order valence-electron chi connectivity index (χ2n) is 11.7. The summed E-state index contributed by atoms with van der Waals surface area (Å²) < 4.78 is 0. The van der Waals surface area contributed by atoms with Crippen molar-refractivity contribution in [3.63, 3.8) is 0 Å². The summed E-state index contributed by atoms with van der Waals surface area (Å²) in [5.41, 5.74) is 9.48. The van der Waals surface area contributed by atoms with Gasteiger partial charge in [-0.1, -0.05) is 109 Å². The molecule has 0 aliphatic carbocycles. The molecular weight excluding hydrogens is 558 g/mol. The van der Waals surface area contributed by atoms with Crippen LogP contribution in [0.1, 0.15) is 0 Å². The molecule has 9 aromatic rings. The first kappa shape index (κ1) is 26.2. The Balaban J connectivity index is 1.11. The third-order valence-corrected chi connectivity index (χ3v) is 8.94. The van der Waals surface area contributed by atoms with Crippen LogP contribution in [-0.2, 0) is 0 Å². The number of nitrogens with zero attached hydrogens (tertiary/aromatic N) is 3. The second-order valence-corrected chi connectivity index (χ2v) is 11.7. The quantitative estimate of drug-likeness (QED) is 0.193. The molecule has 0 unspecified atom stereocenters. The van der Waals surface area contributed by atoms with Gasteiger partial charge in [0.15, 0.2) is 0 Å². The zero-order chi connectivity index (χ0) is 30.5. The van der Waals surface area contributed by atoms with Crippen molar-refractivity contribution in [3.05, 3.63) is 164 Å². The van der Waals surface area contributed by atoms with Crippen LogP contribution in [0, 0.1) is 0 Å². The van der Waals surface area contributed by atoms with Crippen LogP contribution in [0.25, 0.3) is 88.1 Å². The normalized spacial score (nSPS) is 11.5. The number of fused-ring (bicyclic) bond motifs is 6. The monoisotopic (exact) mass is 585 g/mol. The molecule has 0 fully saturated rings. The van der Waals surface area contributed by atoms with E-state index >= 15 is 0 Å². The standard InChI is InChI=1S/C43H27N3/c1-2-8-31-26-34(17-14-28(31)7-1)43-38-22-19-33-25-32(18-21-36(33)42(38)37-9-3-4-11-41(37)46-43)29-12-15-30(16-13-29)40-23-20-35(27-45-40)39-10-5-6-24-44-39/h1-27H. The topological polar surface area (TPSA) is 38.7 Å². The number of hydrogen-bond donors (Lipinski definition) is 0. The minimum absolute atomic E-state index is 0.926. The van der Waals surface area contributed by atoms with Crippen molar-refractivity contribution in [3.8, 4) is 44.9 Å². The predicted octanol–water partition coefficient (Wildman–Crippen LogP) is 11.2. The molecule has 46 heavy (non-hydrogen) atoms. The van der Waals surface area contributed by atoms with Crippen LogP contribution in [-0.4, -0.2) is 15.0 Å². The molecule has 0 saturated carbocycles. The third kappa shape index (κ3) is 4.49. The second kappa shape index (κ2) is 10.8. The molecule has 0 aliphatic heterocycles. The molecule has 0 N–H and O–H groups in total. The fourth-order valence-corrected chi connectivity index (χ4v) is 6.60. The van der Waals surface area contributed by atoms with Crippen LogP contribution >= 0.6 is 0 Å². The Morgan fingerprint density at radius 2 is 1.04 bits per heavy atom. The number of benzene rings is 6. The summed E-state index contributed by atoms with van der Waals surface area (Å²) in [4.78, 5) is 14.4. The maximum atomic E-state index is 5.20. The summed E-state index contributed by atoms with van der Waals surface area (Å²) in [5, 5.41) is 8.48. The van der Waals surface area contributed by atoms with Crippen LogP contribution in [0.15, 0.2) is 164 Å². The zero-order valence-corrected chi connectivity index (χ0v) is 24.9. The predicted molar refractivity (Wildman–Crippen MR) is 192 cm³/mol. The van der Waals surface area contributed by atoms with Gasteiger partial charge in [0.25, 0.3) is 0 Å². The molecule has 0 amide bonds. The Hall–Kier alpha value is -6.19. The molecule has 0 atom stereocenters. The maximum Gasteiger partial charge on any atom is 0.0788 e. The molecule has 3 nitrogen and oxygen atoms in total. The zero-order valence-electron chi connectivity index (χ0n) is 24.9.